The molecule has 1 aliphatic rings. The lowest BCUT2D eigenvalue weighted by Gasteiger charge is -2.25. The van der Waals surface area contributed by atoms with Crippen LogP contribution in [-0.2, 0) is 4.79 Å². The molecule has 1 aliphatic heterocycles. The van der Waals surface area contributed by atoms with Gasteiger partial charge in [0.1, 0.15) is 0 Å². The fraction of sp³-hybridized carbons (Fsp3) is 0.462. The molecule has 0 radical (unpaired) electrons. The monoisotopic (exact) mass is 254 g/mol. The summed E-state index contributed by atoms with van der Waals surface area (Å²) < 4.78 is 26.0. The Bertz CT molecular complexity index is 464. The molecule has 1 amide bonds. The molecule has 1 saturated heterocycles. The van der Waals surface area contributed by atoms with Crippen LogP contribution in [0.4, 0.5) is 8.78 Å². The molecule has 2 rings (SSSR count). The topological polar surface area (TPSA) is 46.3 Å². The number of nitrogens with two attached hydrogens (primary N) is 1. The highest BCUT2D eigenvalue weighted by Crippen LogP contribution is 2.28. The van der Waals surface area contributed by atoms with E-state index in [2.05, 4.69) is 0 Å². The van der Waals surface area contributed by atoms with Crippen LogP contribution in [0.2, 0.25) is 0 Å². The zero-order chi connectivity index (χ0) is 13.3. The van der Waals surface area contributed by atoms with Gasteiger partial charge in [0, 0.05) is 13.0 Å². The van der Waals surface area contributed by atoms with Gasteiger partial charge >= 0.3 is 0 Å². The van der Waals surface area contributed by atoms with Crippen molar-refractivity contribution in [1.82, 2.24) is 4.90 Å². The van der Waals surface area contributed by atoms with Crippen LogP contribution in [0.15, 0.2) is 18.2 Å². The quantitative estimate of drug-likeness (QED) is 0.894. The Morgan fingerprint density at radius 2 is 2.17 bits per heavy atom. The minimum absolute atomic E-state index is 0.0164. The Balaban J connectivity index is 2.18. The minimum Gasteiger partial charge on any atom is -0.336 e. The smallest absolute Gasteiger partial charge is 0.223 e. The lowest BCUT2D eigenvalue weighted by atomic mass is 10.1. The van der Waals surface area contributed by atoms with Crippen molar-refractivity contribution in [1.29, 1.82) is 0 Å². The Morgan fingerprint density at radius 3 is 2.72 bits per heavy atom. The zero-order valence-corrected chi connectivity index (χ0v) is 10.2. The molecule has 1 heterocycles. The number of carbonyl (C=O) groups is 1. The van der Waals surface area contributed by atoms with Gasteiger partial charge in [0.25, 0.3) is 0 Å². The number of likely N-dealkylation sites (tertiary alicyclic amines) is 1. The van der Waals surface area contributed by atoms with Crippen LogP contribution in [0, 0.1) is 17.6 Å². The van der Waals surface area contributed by atoms with E-state index in [1.165, 1.54) is 6.07 Å². The maximum absolute atomic E-state index is 13.2. The molecule has 0 bridgehead atoms. The predicted octanol–water partition coefficient (Wildman–Crippen LogP) is 1.83. The van der Waals surface area contributed by atoms with Crippen molar-refractivity contribution < 1.29 is 13.6 Å². The number of amides is 1. The molecule has 98 valence electrons. The second kappa shape index (κ2) is 5.02. The number of rotatable bonds is 3. The molecule has 0 saturated carbocycles. The highest BCUT2D eigenvalue weighted by molar-refractivity contribution is 5.79. The molecule has 0 spiro atoms. The van der Waals surface area contributed by atoms with Crippen LogP contribution in [-0.4, -0.2) is 23.9 Å². The van der Waals surface area contributed by atoms with E-state index in [0.29, 0.717) is 25.1 Å². The van der Waals surface area contributed by atoms with E-state index < -0.39 is 11.6 Å². The molecule has 1 aromatic rings. The van der Waals surface area contributed by atoms with Gasteiger partial charge in [-0.15, -0.1) is 0 Å². The first-order valence-electron chi connectivity index (χ1n) is 5.97. The SMILES string of the molecule is CC(c1ccc(F)c(F)c1)N1CC(CN)CC1=O. The van der Waals surface area contributed by atoms with Crippen molar-refractivity contribution in [3.05, 3.63) is 35.4 Å². The fourth-order valence-corrected chi connectivity index (χ4v) is 2.29. The summed E-state index contributed by atoms with van der Waals surface area (Å²) in [6.45, 7) is 2.85. The molecular weight excluding hydrogens is 238 g/mol. The third kappa shape index (κ3) is 2.36. The van der Waals surface area contributed by atoms with E-state index in [-0.39, 0.29) is 17.9 Å². The van der Waals surface area contributed by atoms with Crippen LogP contribution in [0.3, 0.4) is 0 Å². The van der Waals surface area contributed by atoms with Crippen LogP contribution in [0.25, 0.3) is 0 Å². The van der Waals surface area contributed by atoms with Gasteiger partial charge < -0.3 is 10.6 Å². The highest BCUT2D eigenvalue weighted by atomic mass is 19.2. The van der Waals surface area contributed by atoms with Crippen LogP contribution in [0.1, 0.15) is 24.9 Å². The van der Waals surface area contributed by atoms with Crippen molar-refractivity contribution in [2.45, 2.75) is 19.4 Å². The van der Waals surface area contributed by atoms with Crippen molar-refractivity contribution in [2.24, 2.45) is 11.7 Å². The van der Waals surface area contributed by atoms with Gasteiger partial charge in [-0.05, 0) is 37.1 Å². The highest BCUT2D eigenvalue weighted by Gasteiger charge is 2.32. The summed E-state index contributed by atoms with van der Waals surface area (Å²) in [4.78, 5) is 13.5. The average molecular weight is 254 g/mol. The second-order valence-electron chi connectivity index (χ2n) is 4.70. The van der Waals surface area contributed by atoms with Gasteiger partial charge in [0.05, 0.1) is 6.04 Å². The maximum Gasteiger partial charge on any atom is 0.223 e. The number of hydrogen-bond donors (Lipinski definition) is 1. The van der Waals surface area contributed by atoms with Gasteiger partial charge in [-0.1, -0.05) is 6.07 Å². The van der Waals surface area contributed by atoms with Crippen LogP contribution in [0.5, 0.6) is 0 Å². The molecule has 2 atom stereocenters. The number of halogens is 2. The summed E-state index contributed by atoms with van der Waals surface area (Å²) in [7, 11) is 0. The second-order valence-corrected chi connectivity index (χ2v) is 4.70. The largest absolute Gasteiger partial charge is 0.336 e. The first-order valence-corrected chi connectivity index (χ1v) is 5.97. The lowest BCUT2D eigenvalue weighted by Crippen LogP contribution is -2.29. The molecule has 2 unspecified atom stereocenters. The first kappa shape index (κ1) is 13.0. The van der Waals surface area contributed by atoms with E-state index >= 15 is 0 Å². The number of nitrogens with zero attached hydrogens (tertiary/aromatic N) is 1. The number of benzene rings is 1. The van der Waals surface area contributed by atoms with E-state index in [0.717, 1.165) is 12.1 Å². The predicted molar refractivity (Wildman–Crippen MR) is 63.6 cm³/mol. The molecule has 0 aromatic heterocycles. The first-order chi connectivity index (χ1) is 8.52. The third-order valence-electron chi connectivity index (χ3n) is 3.47. The third-order valence-corrected chi connectivity index (χ3v) is 3.47. The van der Waals surface area contributed by atoms with Gasteiger partial charge in [0.15, 0.2) is 11.6 Å². The van der Waals surface area contributed by atoms with Crippen molar-refractivity contribution in [2.75, 3.05) is 13.1 Å². The summed E-state index contributed by atoms with van der Waals surface area (Å²) in [6.07, 6.45) is 0.435. The van der Waals surface area contributed by atoms with Gasteiger partial charge in [-0.2, -0.15) is 0 Å². The molecule has 2 N–H and O–H groups in total. The zero-order valence-electron chi connectivity index (χ0n) is 10.2. The molecule has 5 heteroatoms. The van der Waals surface area contributed by atoms with E-state index in [1.807, 2.05) is 6.92 Å². The van der Waals surface area contributed by atoms with Crippen molar-refractivity contribution in [3.63, 3.8) is 0 Å². The maximum atomic E-state index is 13.2. The Morgan fingerprint density at radius 1 is 1.44 bits per heavy atom. The Kier molecular flexibility index (Phi) is 3.61. The molecule has 1 aromatic carbocycles. The Labute approximate surface area is 105 Å². The summed E-state index contributed by atoms with van der Waals surface area (Å²) in [5, 5.41) is 0. The fourth-order valence-electron chi connectivity index (χ4n) is 2.29. The van der Waals surface area contributed by atoms with E-state index in [4.69, 9.17) is 5.73 Å². The number of carbonyl (C=O) groups excluding carboxylic acids is 1. The summed E-state index contributed by atoms with van der Waals surface area (Å²) in [5.41, 5.74) is 6.15. The van der Waals surface area contributed by atoms with Gasteiger partial charge in [0.2, 0.25) is 5.91 Å². The van der Waals surface area contributed by atoms with Crippen LogP contribution >= 0.6 is 0 Å². The normalized spacial score (nSPS) is 21.4. The van der Waals surface area contributed by atoms with E-state index in [9.17, 15) is 13.6 Å². The summed E-state index contributed by atoms with van der Waals surface area (Å²) in [6, 6.07) is 3.47. The molecule has 0 aliphatic carbocycles. The average Bonchev–Trinajstić information content (AvgIpc) is 2.73. The van der Waals surface area contributed by atoms with E-state index in [1.54, 1.807) is 4.90 Å². The lowest BCUT2D eigenvalue weighted by molar-refractivity contribution is -0.129. The van der Waals surface area contributed by atoms with Crippen LogP contribution < -0.4 is 5.73 Å². The van der Waals surface area contributed by atoms with Gasteiger partial charge in [-0.25, -0.2) is 8.78 Å². The number of hydrogen-bond acceptors (Lipinski definition) is 2. The van der Waals surface area contributed by atoms with Crippen molar-refractivity contribution >= 4 is 5.91 Å². The van der Waals surface area contributed by atoms with Crippen molar-refractivity contribution in [3.8, 4) is 0 Å². The molecular formula is C13H16F2N2O. The molecule has 3 nitrogen and oxygen atoms in total. The van der Waals surface area contributed by atoms with Gasteiger partial charge in [-0.3, -0.25) is 4.79 Å². The minimum atomic E-state index is -0.888. The standard InChI is InChI=1S/C13H16F2N2O/c1-8(10-2-3-11(14)12(15)5-10)17-7-9(6-16)4-13(17)18/h2-3,5,8-9H,4,6-7,16H2,1H3. The Hall–Kier alpha value is -1.49. The summed E-state index contributed by atoms with van der Waals surface area (Å²) in [5.74, 6) is -1.59. The molecule has 18 heavy (non-hydrogen) atoms. The molecule has 1 fully saturated rings. The summed E-state index contributed by atoms with van der Waals surface area (Å²) >= 11 is 0.